The van der Waals surface area contributed by atoms with E-state index in [4.69, 9.17) is 4.74 Å². The number of hydrogen-bond donors (Lipinski definition) is 1. The van der Waals surface area contributed by atoms with Crippen molar-refractivity contribution >= 4 is 0 Å². The van der Waals surface area contributed by atoms with Gasteiger partial charge in [0, 0.05) is 19.1 Å². The lowest BCUT2D eigenvalue weighted by Gasteiger charge is -2.19. The van der Waals surface area contributed by atoms with Crippen LogP contribution in [-0.2, 0) is 0 Å². The molecule has 0 spiro atoms. The summed E-state index contributed by atoms with van der Waals surface area (Å²) in [5, 5.41) is 9.90. The van der Waals surface area contributed by atoms with Crippen LogP contribution in [0.15, 0.2) is 30.3 Å². The van der Waals surface area contributed by atoms with Crippen LogP contribution in [0.25, 0.3) is 0 Å². The van der Waals surface area contributed by atoms with E-state index in [0.29, 0.717) is 12.6 Å². The third-order valence-corrected chi connectivity index (χ3v) is 3.03. The van der Waals surface area contributed by atoms with Gasteiger partial charge in [-0.1, -0.05) is 18.2 Å². The number of aliphatic hydroxyl groups is 1. The molecule has 1 N–H and O–H groups in total. The van der Waals surface area contributed by atoms with Crippen LogP contribution < -0.4 is 4.74 Å². The Balaban J connectivity index is 1.96. The summed E-state index contributed by atoms with van der Waals surface area (Å²) in [4.78, 5) is 2.23. The number of likely N-dealkylation sites (tertiary alicyclic amines) is 1. The Kier molecular flexibility index (Phi) is 3.46. The van der Waals surface area contributed by atoms with E-state index in [2.05, 4.69) is 18.7 Å². The van der Waals surface area contributed by atoms with Gasteiger partial charge in [-0.2, -0.15) is 0 Å². The highest BCUT2D eigenvalue weighted by Crippen LogP contribution is 2.19. The van der Waals surface area contributed by atoms with Crippen LogP contribution in [-0.4, -0.2) is 41.3 Å². The van der Waals surface area contributed by atoms with Crippen molar-refractivity contribution in [3.63, 3.8) is 0 Å². The summed E-state index contributed by atoms with van der Waals surface area (Å²) in [5.41, 5.74) is 0. The van der Waals surface area contributed by atoms with Gasteiger partial charge in [-0.3, -0.25) is 4.90 Å². The smallest absolute Gasteiger partial charge is 0.138 e. The molecule has 1 aliphatic rings. The molecule has 0 saturated carbocycles. The second-order valence-corrected chi connectivity index (χ2v) is 4.58. The third kappa shape index (κ3) is 2.54. The van der Waals surface area contributed by atoms with E-state index >= 15 is 0 Å². The first-order chi connectivity index (χ1) is 7.66. The van der Waals surface area contributed by atoms with Crippen molar-refractivity contribution in [3.8, 4) is 5.75 Å². The zero-order valence-electron chi connectivity index (χ0n) is 9.84. The molecule has 0 aliphatic carbocycles. The van der Waals surface area contributed by atoms with Crippen LogP contribution in [0.3, 0.4) is 0 Å². The average molecular weight is 221 g/mol. The number of aliphatic hydroxyl groups excluding tert-OH is 1. The van der Waals surface area contributed by atoms with Crippen molar-refractivity contribution in [2.75, 3.05) is 13.1 Å². The second kappa shape index (κ2) is 4.85. The summed E-state index contributed by atoms with van der Waals surface area (Å²) in [5.74, 6) is 0.831. The topological polar surface area (TPSA) is 32.7 Å². The van der Waals surface area contributed by atoms with E-state index < -0.39 is 0 Å². The molecule has 0 amide bonds. The highest BCUT2D eigenvalue weighted by Gasteiger charge is 2.33. The van der Waals surface area contributed by atoms with E-state index in [9.17, 15) is 5.11 Å². The van der Waals surface area contributed by atoms with Gasteiger partial charge in [0.1, 0.15) is 18.0 Å². The molecule has 1 fully saturated rings. The quantitative estimate of drug-likeness (QED) is 0.840. The molecule has 0 radical (unpaired) electrons. The van der Waals surface area contributed by atoms with Crippen molar-refractivity contribution in [2.45, 2.75) is 32.1 Å². The standard InChI is InChI=1S/C13H19NO2/c1-10(2)14-8-12(15)13(9-14)16-11-6-4-3-5-7-11/h3-7,10,12-13,15H,8-9H2,1-2H3/t12-,13-/m1/s1. The Morgan fingerprint density at radius 3 is 2.50 bits per heavy atom. The highest BCUT2D eigenvalue weighted by molar-refractivity contribution is 5.21. The normalized spacial score (nSPS) is 26.2. The summed E-state index contributed by atoms with van der Waals surface area (Å²) in [6.45, 7) is 5.78. The predicted molar refractivity (Wildman–Crippen MR) is 63.6 cm³/mol. The molecule has 2 rings (SSSR count). The maximum Gasteiger partial charge on any atom is 0.138 e. The molecule has 2 atom stereocenters. The number of hydrogen-bond acceptors (Lipinski definition) is 3. The van der Waals surface area contributed by atoms with Crippen LogP contribution in [0.4, 0.5) is 0 Å². The summed E-state index contributed by atoms with van der Waals surface area (Å²) in [6, 6.07) is 10.1. The van der Waals surface area contributed by atoms with Gasteiger partial charge in [0.15, 0.2) is 0 Å². The molecule has 1 saturated heterocycles. The van der Waals surface area contributed by atoms with Gasteiger partial charge >= 0.3 is 0 Å². The average Bonchev–Trinajstić information content (AvgIpc) is 2.62. The molecule has 0 aromatic heterocycles. The molecule has 0 unspecified atom stereocenters. The fourth-order valence-electron chi connectivity index (χ4n) is 2.00. The van der Waals surface area contributed by atoms with E-state index in [-0.39, 0.29) is 12.2 Å². The Morgan fingerprint density at radius 1 is 1.25 bits per heavy atom. The first kappa shape index (κ1) is 11.4. The Labute approximate surface area is 96.6 Å². The van der Waals surface area contributed by atoms with Crippen LogP contribution in [0.1, 0.15) is 13.8 Å². The minimum Gasteiger partial charge on any atom is -0.486 e. The van der Waals surface area contributed by atoms with Crippen LogP contribution in [0, 0.1) is 0 Å². The van der Waals surface area contributed by atoms with Gasteiger partial charge in [0.05, 0.1) is 0 Å². The Bertz CT molecular complexity index is 326. The molecular formula is C13H19NO2. The molecule has 1 aliphatic heterocycles. The number of benzene rings is 1. The lowest BCUT2D eigenvalue weighted by atomic mass is 10.2. The molecular weight excluding hydrogens is 202 g/mol. The van der Waals surface area contributed by atoms with E-state index in [1.54, 1.807) is 0 Å². The lowest BCUT2D eigenvalue weighted by molar-refractivity contribution is 0.0736. The Hall–Kier alpha value is -1.06. The summed E-state index contributed by atoms with van der Waals surface area (Å²) in [7, 11) is 0. The zero-order valence-corrected chi connectivity index (χ0v) is 9.84. The second-order valence-electron chi connectivity index (χ2n) is 4.58. The molecule has 1 aromatic carbocycles. The largest absolute Gasteiger partial charge is 0.486 e. The molecule has 3 nitrogen and oxygen atoms in total. The van der Waals surface area contributed by atoms with Crippen molar-refractivity contribution in [2.24, 2.45) is 0 Å². The fraction of sp³-hybridized carbons (Fsp3) is 0.538. The van der Waals surface area contributed by atoms with Crippen molar-refractivity contribution < 1.29 is 9.84 Å². The van der Waals surface area contributed by atoms with Crippen LogP contribution >= 0.6 is 0 Å². The van der Waals surface area contributed by atoms with Gasteiger partial charge < -0.3 is 9.84 Å². The lowest BCUT2D eigenvalue weighted by Crippen LogP contribution is -2.31. The van der Waals surface area contributed by atoms with Crippen molar-refractivity contribution in [1.82, 2.24) is 4.90 Å². The van der Waals surface area contributed by atoms with Gasteiger partial charge in [0.2, 0.25) is 0 Å². The first-order valence-electron chi connectivity index (χ1n) is 5.80. The molecule has 88 valence electrons. The van der Waals surface area contributed by atoms with Crippen LogP contribution in [0.5, 0.6) is 5.75 Å². The molecule has 1 aromatic rings. The van der Waals surface area contributed by atoms with Crippen molar-refractivity contribution in [1.29, 1.82) is 0 Å². The van der Waals surface area contributed by atoms with Gasteiger partial charge in [-0.25, -0.2) is 0 Å². The molecule has 1 heterocycles. The number of β-amino-alcohol motifs (C(OH)–C–C–N with tert-alkyl or cyclic N) is 1. The van der Waals surface area contributed by atoms with Gasteiger partial charge in [-0.05, 0) is 26.0 Å². The minimum atomic E-state index is -0.386. The number of rotatable bonds is 3. The Morgan fingerprint density at radius 2 is 1.94 bits per heavy atom. The third-order valence-electron chi connectivity index (χ3n) is 3.03. The first-order valence-corrected chi connectivity index (χ1v) is 5.80. The van der Waals surface area contributed by atoms with E-state index in [0.717, 1.165) is 12.3 Å². The fourth-order valence-corrected chi connectivity index (χ4v) is 2.00. The van der Waals surface area contributed by atoms with Crippen molar-refractivity contribution in [3.05, 3.63) is 30.3 Å². The van der Waals surface area contributed by atoms with Crippen LogP contribution in [0.2, 0.25) is 0 Å². The summed E-state index contributed by atoms with van der Waals surface area (Å²) < 4.78 is 5.78. The number of nitrogens with zero attached hydrogens (tertiary/aromatic N) is 1. The monoisotopic (exact) mass is 221 g/mol. The number of para-hydroxylation sites is 1. The summed E-state index contributed by atoms with van der Waals surface area (Å²) >= 11 is 0. The highest BCUT2D eigenvalue weighted by atomic mass is 16.5. The molecule has 16 heavy (non-hydrogen) atoms. The number of ether oxygens (including phenoxy) is 1. The maximum atomic E-state index is 9.90. The predicted octanol–water partition coefficient (Wildman–Crippen LogP) is 1.52. The SMILES string of the molecule is CC(C)N1C[C@@H](O)[C@H](Oc2ccccc2)C1. The summed E-state index contributed by atoms with van der Waals surface area (Å²) in [6.07, 6.45) is -0.493. The van der Waals surface area contributed by atoms with Gasteiger partial charge in [0.25, 0.3) is 0 Å². The maximum absolute atomic E-state index is 9.90. The molecule has 0 bridgehead atoms. The zero-order chi connectivity index (χ0) is 11.5. The van der Waals surface area contributed by atoms with Gasteiger partial charge in [-0.15, -0.1) is 0 Å². The van der Waals surface area contributed by atoms with E-state index in [1.165, 1.54) is 0 Å². The molecule has 3 heteroatoms. The van der Waals surface area contributed by atoms with E-state index in [1.807, 2.05) is 30.3 Å². The minimum absolute atomic E-state index is 0.107.